The Labute approximate surface area is 97.8 Å². The van der Waals surface area contributed by atoms with Gasteiger partial charge < -0.3 is 9.84 Å². The number of nitrogens with zero attached hydrogens (tertiary/aromatic N) is 2. The van der Waals surface area contributed by atoms with Crippen LogP contribution in [-0.2, 0) is 9.53 Å². The first kappa shape index (κ1) is 11.5. The molecule has 6 nitrogen and oxygen atoms in total. The van der Waals surface area contributed by atoms with E-state index in [1.54, 1.807) is 6.07 Å². The van der Waals surface area contributed by atoms with Gasteiger partial charge in [-0.15, -0.1) is 0 Å². The van der Waals surface area contributed by atoms with Gasteiger partial charge in [-0.2, -0.15) is 0 Å². The predicted octanol–water partition coefficient (Wildman–Crippen LogP) is -0.0342. The predicted molar refractivity (Wildman–Crippen MR) is 58.6 cm³/mol. The lowest BCUT2D eigenvalue weighted by molar-refractivity contribution is -0.117. The van der Waals surface area contributed by atoms with Crippen LogP contribution in [0.1, 0.15) is 16.8 Å². The van der Waals surface area contributed by atoms with E-state index in [9.17, 15) is 14.7 Å². The van der Waals surface area contributed by atoms with E-state index in [2.05, 4.69) is 9.72 Å². The summed E-state index contributed by atoms with van der Waals surface area (Å²) < 4.78 is 4.62. The molecule has 1 aliphatic heterocycles. The van der Waals surface area contributed by atoms with Crippen molar-refractivity contribution in [3.63, 3.8) is 0 Å². The Kier molecular flexibility index (Phi) is 3.06. The number of aromatic nitrogens is 1. The number of hydrogen-bond acceptors (Lipinski definition) is 5. The fourth-order valence-electron chi connectivity index (χ4n) is 1.77. The second-order valence-corrected chi connectivity index (χ2v) is 3.73. The van der Waals surface area contributed by atoms with Crippen LogP contribution in [0, 0.1) is 0 Å². The van der Waals surface area contributed by atoms with Crippen molar-refractivity contribution < 1.29 is 19.4 Å². The average molecular weight is 236 g/mol. The Balaban J connectivity index is 2.38. The summed E-state index contributed by atoms with van der Waals surface area (Å²) in [5.41, 5.74) is 0.220. The Morgan fingerprint density at radius 2 is 2.41 bits per heavy atom. The van der Waals surface area contributed by atoms with Gasteiger partial charge in [0.2, 0.25) is 5.91 Å². The minimum Gasteiger partial charge on any atom is -0.465 e. The summed E-state index contributed by atoms with van der Waals surface area (Å²) in [4.78, 5) is 28.4. The van der Waals surface area contributed by atoms with Gasteiger partial charge in [-0.25, -0.2) is 9.78 Å². The molecule has 0 radical (unpaired) electrons. The average Bonchev–Trinajstić information content (AvgIpc) is 2.67. The monoisotopic (exact) mass is 236 g/mol. The normalized spacial score (nSPS) is 19.5. The van der Waals surface area contributed by atoms with Crippen LogP contribution in [0.2, 0.25) is 0 Å². The molecule has 6 heteroatoms. The first-order chi connectivity index (χ1) is 8.13. The van der Waals surface area contributed by atoms with Gasteiger partial charge in [-0.05, 0) is 12.1 Å². The Morgan fingerprint density at radius 3 is 3.00 bits per heavy atom. The maximum atomic E-state index is 11.6. The van der Waals surface area contributed by atoms with E-state index in [1.165, 1.54) is 24.3 Å². The maximum Gasteiger partial charge on any atom is 0.341 e. The second kappa shape index (κ2) is 4.50. The molecule has 0 aromatic carbocycles. The van der Waals surface area contributed by atoms with Crippen LogP contribution < -0.4 is 4.90 Å². The summed E-state index contributed by atoms with van der Waals surface area (Å²) in [7, 11) is 1.26. The number of carbonyl (C=O) groups is 2. The van der Waals surface area contributed by atoms with Gasteiger partial charge in [0.1, 0.15) is 11.4 Å². The molecule has 1 N–H and O–H groups in total. The van der Waals surface area contributed by atoms with E-state index < -0.39 is 12.1 Å². The van der Waals surface area contributed by atoms with Crippen molar-refractivity contribution >= 4 is 17.7 Å². The SMILES string of the molecule is COC(=O)c1cccnc1N1CC(O)CC1=O. The summed E-state index contributed by atoms with van der Waals surface area (Å²) >= 11 is 0. The van der Waals surface area contributed by atoms with Crippen LogP contribution in [0.4, 0.5) is 5.82 Å². The number of carbonyl (C=O) groups excluding carboxylic acids is 2. The lowest BCUT2D eigenvalue weighted by Gasteiger charge is -2.16. The zero-order valence-corrected chi connectivity index (χ0v) is 9.29. The molecule has 1 aliphatic rings. The maximum absolute atomic E-state index is 11.6. The molecular formula is C11H12N2O4. The highest BCUT2D eigenvalue weighted by atomic mass is 16.5. The van der Waals surface area contributed by atoms with E-state index >= 15 is 0 Å². The van der Waals surface area contributed by atoms with E-state index in [0.29, 0.717) is 0 Å². The molecule has 1 aromatic heterocycles. The highest BCUT2D eigenvalue weighted by Gasteiger charge is 2.32. The number of β-amino-alcohol motifs (C(OH)–C–C–N with tert-alkyl or cyclic N) is 1. The molecule has 2 rings (SSSR count). The van der Waals surface area contributed by atoms with Gasteiger partial charge in [0.15, 0.2) is 0 Å². The molecule has 2 heterocycles. The van der Waals surface area contributed by atoms with Crippen molar-refractivity contribution in [2.75, 3.05) is 18.6 Å². The molecule has 0 spiro atoms. The highest BCUT2D eigenvalue weighted by molar-refractivity contribution is 6.02. The van der Waals surface area contributed by atoms with Crippen LogP contribution in [0.3, 0.4) is 0 Å². The first-order valence-electron chi connectivity index (χ1n) is 5.15. The van der Waals surface area contributed by atoms with Crippen LogP contribution in [0.5, 0.6) is 0 Å². The summed E-state index contributed by atoms with van der Waals surface area (Å²) in [5, 5.41) is 9.41. The molecule has 1 saturated heterocycles. The minimum atomic E-state index is -0.713. The van der Waals surface area contributed by atoms with Gasteiger partial charge in [-0.1, -0.05) is 0 Å². The molecule has 1 atom stereocenters. The van der Waals surface area contributed by atoms with Crippen LogP contribution in [0.25, 0.3) is 0 Å². The van der Waals surface area contributed by atoms with Crippen molar-refractivity contribution in [1.29, 1.82) is 0 Å². The largest absolute Gasteiger partial charge is 0.465 e. The first-order valence-corrected chi connectivity index (χ1v) is 5.15. The number of pyridine rings is 1. The Hall–Kier alpha value is -1.95. The summed E-state index contributed by atoms with van der Waals surface area (Å²) in [6.07, 6.45) is 0.826. The second-order valence-electron chi connectivity index (χ2n) is 3.73. The molecule has 0 saturated carbocycles. The fourth-order valence-corrected chi connectivity index (χ4v) is 1.77. The number of aliphatic hydroxyl groups is 1. The van der Waals surface area contributed by atoms with Crippen LogP contribution in [-0.4, -0.2) is 41.7 Å². The quantitative estimate of drug-likeness (QED) is 0.729. The zero-order chi connectivity index (χ0) is 12.4. The Bertz CT molecular complexity index is 461. The van der Waals surface area contributed by atoms with Crippen molar-refractivity contribution in [1.82, 2.24) is 4.98 Å². The molecule has 90 valence electrons. The van der Waals surface area contributed by atoms with Crippen LogP contribution >= 0.6 is 0 Å². The number of methoxy groups -OCH3 is 1. The number of aliphatic hydroxyl groups excluding tert-OH is 1. The number of hydrogen-bond donors (Lipinski definition) is 1. The van der Waals surface area contributed by atoms with Gasteiger partial charge in [0, 0.05) is 6.20 Å². The third-order valence-electron chi connectivity index (χ3n) is 2.55. The number of esters is 1. The zero-order valence-electron chi connectivity index (χ0n) is 9.29. The molecule has 1 amide bonds. The van der Waals surface area contributed by atoms with Crippen molar-refractivity contribution in [3.05, 3.63) is 23.9 Å². The third kappa shape index (κ3) is 2.12. The van der Waals surface area contributed by atoms with E-state index in [0.717, 1.165) is 0 Å². The van der Waals surface area contributed by atoms with Gasteiger partial charge in [-0.3, -0.25) is 9.69 Å². The molecule has 0 aliphatic carbocycles. The molecule has 1 fully saturated rings. The lowest BCUT2D eigenvalue weighted by Crippen LogP contribution is -2.28. The van der Waals surface area contributed by atoms with Gasteiger partial charge in [0.05, 0.1) is 26.2 Å². The van der Waals surface area contributed by atoms with E-state index in [-0.39, 0.29) is 30.3 Å². The smallest absolute Gasteiger partial charge is 0.341 e. The highest BCUT2D eigenvalue weighted by Crippen LogP contribution is 2.23. The fraction of sp³-hybridized carbons (Fsp3) is 0.364. The van der Waals surface area contributed by atoms with Crippen LogP contribution in [0.15, 0.2) is 18.3 Å². The summed E-state index contributed by atoms with van der Waals surface area (Å²) in [6, 6.07) is 3.12. The minimum absolute atomic E-state index is 0.0528. The lowest BCUT2D eigenvalue weighted by atomic mass is 10.2. The number of anilines is 1. The molecule has 17 heavy (non-hydrogen) atoms. The molecule has 1 unspecified atom stereocenters. The van der Waals surface area contributed by atoms with Gasteiger partial charge in [0.25, 0.3) is 0 Å². The molecule has 1 aromatic rings. The van der Waals surface area contributed by atoms with Crippen molar-refractivity contribution in [2.45, 2.75) is 12.5 Å². The van der Waals surface area contributed by atoms with Crippen molar-refractivity contribution in [3.8, 4) is 0 Å². The molecular weight excluding hydrogens is 224 g/mol. The van der Waals surface area contributed by atoms with Gasteiger partial charge >= 0.3 is 5.97 Å². The Morgan fingerprint density at radius 1 is 1.65 bits per heavy atom. The third-order valence-corrected chi connectivity index (χ3v) is 2.55. The standard InChI is InChI=1S/C11H12N2O4/c1-17-11(16)8-3-2-4-12-10(8)13-6-7(14)5-9(13)15/h2-4,7,14H,5-6H2,1H3. The summed E-state index contributed by atoms with van der Waals surface area (Å²) in [6.45, 7) is 0.153. The van der Waals surface area contributed by atoms with E-state index in [4.69, 9.17) is 0 Å². The topological polar surface area (TPSA) is 79.7 Å². The number of amides is 1. The number of rotatable bonds is 2. The number of ether oxygens (including phenoxy) is 1. The molecule has 0 bridgehead atoms. The van der Waals surface area contributed by atoms with Crippen molar-refractivity contribution in [2.24, 2.45) is 0 Å². The summed E-state index contributed by atoms with van der Waals surface area (Å²) in [5.74, 6) is -0.565. The van der Waals surface area contributed by atoms with E-state index in [1.807, 2.05) is 0 Å².